The van der Waals surface area contributed by atoms with E-state index in [0.717, 1.165) is 12.1 Å². The van der Waals surface area contributed by atoms with Gasteiger partial charge in [0.2, 0.25) is 0 Å². The van der Waals surface area contributed by atoms with Gasteiger partial charge >= 0.3 is 12.1 Å². The van der Waals surface area contributed by atoms with Crippen LogP contribution in [0.15, 0.2) is 18.2 Å². The lowest BCUT2D eigenvalue weighted by Crippen LogP contribution is -2.57. The summed E-state index contributed by atoms with van der Waals surface area (Å²) in [5.74, 6) is -1.05. The van der Waals surface area contributed by atoms with Crippen molar-refractivity contribution < 1.29 is 32.2 Å². The van der Waals surface area contributed by atoms with Gasteiger partial charge in [0, 0.05) is 18.7 Å². The SMILES string of the molecule is COC(=O)[C@@]12CN(C(=O)c3cc(OC)cc(C(F)(F)F)c3)C[C@@H]1C(C)(C)C2. The predicted molar refractivity (Wildman–Crippen MR) is 90.2 cm³/mol. The number of hydrogen-bond acceptors (Lipinski definition) is 4. The van der Waals surface area contributed by atoms with Crippen LogP contribution in [0.25, 0.3) is 0 Å². The molecule has 2 fully saturated rings. The fraction of sp³-hybridized carbons (Fsp3) is 0.579. The molecule has 5 nitrogen and oxygen atoms in total. The van der Waals surface area contributed by atoms with Crippen LogP contribution >= 0.6 is 0 Å². The third-order valence-electron chi connectivity index (χ3n) is 5.85. The summed E-state index contributed by atoms with van der Waals surface area (Å²) in [6, 6.07) is 2.96. The average molecular weight is 385 g/mol. The lowest BCUT2D eigenvalue weighted by molar-refractivity contribution is -0.174. The van der Waals surface area contributed by atoms with Crippen LogP contribution in [-0.2, 0) is 15.7 Å². The number of ether oxygens (including phenoxy) is 2. The van der Waals surface area contributed by atoms with E-state index in [0.29, 0.717) is 13.0 Å². The van der Waals surface area contributed by atoms with Gasteiger partial charge in [-0.3, -0.25) is 9.59 Å². The third kappa shape index (κ3) is 3.04. The van der Waals surface area contributed by atoms with Crippen molar-refractivity contribution in [1.29, 1.82) is 0 Å². The maximum Gasteiger partial charge on any atom is 0.416 e. The Balaban J connectivity index is 1.92. The van der Waals surface area contributed by atoms with E-state index in [1.54, 1.807) is 0 Å². The number of halogens is 3. The fourth-order valence-electron chi connectivity index (χ4n) is 4.71. The standard InChI is InChI=1S/C19H22F3NO4/c1-17(2)9-18(16(25)27-4)10-23(8-14(17)18)15(24)11-5-12(19(20,21)22)7-13(6-11)26-3/h5-7,14H,8-10H2,1-4H3/t14-,18+/m1/s1. The molecule has 0 N–H and O–H groups in total. The van der Waals surface area contributed by atoms with E-state index in [1.807, 2.05) is 13.8 Å². The quantitative estimate of drug-likeness (QED) is 0.749. The topological polar surface area (TPSA) is 55.8 Å². The molecule has 1 aromatic rings. The zero-order valence-electron chi connectivity index (χ0n) is 15.6. The zero-order valence-corrected chi connectivity index (χ0v) is 15.6. The van der Waals surface area contributed by atoms with Crippen molar-refractivity contribution in [3.63, 3.8) is 0 Å². The molecule has 27 heavy (non-hydrogen) atoms. The van der Waals surface area contributed by atoms with E-state index >= 15 is 0 Å². The van der Waals surface area contributed by atoms with E-state index in [-0.39, 0.29) is 35.2 Å². The highest BCUT2D eigenvalue weighted by Gasteiger charge is 2.68. The first-order chi connectivity index (χ1) is 12.4. The number of likely N-dealkylation sites (tertiary alicyclic amines) is 1. The molecule has 8 heteroatoms. The Kier molecular flexibility index (Phi) is 4.44. The highest BCUT2D eigenvalue weighted by Crippen LogP contribution is 2.63. The highest BCUT2D eigenvalue weighted by atomic mass is 19.4. The molecule has 1 aromatic carbocycles. The minimum absolute atomic E-state index is 0.0432. The van der Waals surface area contributed by atoms with Gasteiger partial charge in [0.1, 0.15) is 5.75 Å². The summed E-state index contributed by atoms with van der Waals surface area (Å²) in [5.41, 5.74) is -1.98. The van der Waals surface area contributed by atoms with Crippen molar-refractivity contribution in [3.8, 4) is 5.75 Å². The molecule has 1 amide bonds. The first kappa shape index (κ1) is 19.5. The average Bonchev–Trinajstić information content (AvgIpc) is 2.95. The Hall–Kier alpha value is -2.25. The summed E-state index contributed by atoms with van der Waals surface area (Å²) in [5, 5.41) is 0. The van der Waals surface area contributed by atoms with Gasteiger partial charge in [-0.1, -0.05) is 13.8 Å². The van der Waals surface area contributed by atoms with Gasteiger partial charge in [-0.25, -0.2) is 0 Å². The van der Waals surface area contributed by atoms with E-state index in [4.69, 9.17) is 9.47 Å². The lowest BCUT2D eigenvalue weighted by atomic mass is 9.48. The molecule has 148 valence electrons. The van der Waals surface area contributed by atoms with Gasteiger partial charge in [-0.05, 0) is 36.0 Å². The molecule has 1 aliphatic heterocycles. The molecule has 1 aliphatic carbocycles. The highest BCUT2D eigenvalue weighted by molar-refractivity contribution is 5.96. The van der Waals surface area contributed by atoms with Crippen molar-refractivity contribution in [2.45, 2.75) is 26.4 Å². The molecule has 2 atom stereocenters. The van der Waals surface area contributed by atoms with Gasteiger partial charge in [-0.15, -0.1) is 0 Å². The molecule has 0 radical (unpaired) electrons. The normalized spacial score (nSPS) is 26.2. The number of carbonyl (C=O) groups is 2. The molecule has 3 rings (SSSR count). The summed E-state index contributed by atoms with van der Waals surface area (Å²) < 4.78 is 49.3. The predicted octanol–water partition coefficient (Wildman–Crippen LogP) is 3.38. The molecule has 1 heterocycles. The van der Waals surface area contributed by atoms with Crippen molar-refractivity contribution in [3.05, 3.63) is 29.3 Å². The van der Waals surface area contributed by atoms with Crippen molar-refractivity contribution >= 4 is 11.9 Å². The first-order valence-electron chi connectivity index (χ1n) is 8.58. The molecule has 0 unspecified atom stereocenters. The Morgan fingerprint density at radius 1 is 1.19 bits per heavy atom. The Bertz CT molecular complexity index is 790. The van der Waals surface area contributed by atoms with Crippen LogP contribution in [-0.4, -0.2) is 44.1 Å². The van der Waals surface area contributed by atoms with Crippen LogP contribution < -0.4 is 4.74 Å². The molecule has 2 aliphatic rings. The van der Waals surface area contributed by atoms with Crippen LogP contribution in [0, 0.1) is 16.7 Å². The number of methoxy groups -OCH3 is 2. The maximum atomic E-state index is 13.1. The maximum absolute atomic E-state index is 13.1. The van der Waals surface area contributed by atoms with Crippen molar-refractivity contribution in [2.24, 2.45) is 16.7 Å². The zero-order chi connectivity index (χ0) is 20.2. The molecule has 0 bridgehead atoms. The number of hydrogen-bond donors (Lipinski definition) is 0. The van der Waals surface area contributed by atoms with E-state index in [2.05, 4.69) is 0 Å². The molecule has 1 saturated carbocycles. The minimum Gasteiger partial charge on any atom is -0.497 e. The second-order valence-electron chi connectivity index (χ2n) is 8.00. The number of esters is 1. The van der Waals surface area contributed by atoms with Crippen LogP contribution in [0.5, 0.6) is 5.75 Å². The second-order valence-corrected chi connectivity index (χ2v) is 8.00. The smallest absolute Gasteiger partial charge is 0.416 e. The van der Waals surface area contributed by atoms with E-state index in [1.165, 1.54) is 25.2 Å². The molecule has 0 spiro atoms. The monoisotopic (exact) mass is 385 g/mol. The van der Waals surface area contributed by atoms with Gasteiger partial charge in [0.05, 0.1) is 25.2 Å². The van der Waals surface area contributed by atoms with E-state index in [9.17, 15) is 22.8 Å². The fourth-order valence-corrected chi connectivity index (χ4v) is 4.71. The summed E-state index contributed by atoms with van der Waals surface area (Å²) in [7, 11) is 2.55. The molecular formula is C19H22F3NO4. The van der Waals surface area contributed by atoms with Crippen LogP contribution in [0.2, 0.25) is 0 Å². The van der Waals surface area contributed by atoms with Gasteiger partial charge < -0.3 is 14.4 Å². The Morgan fingerprint density at radius 2 is 1.85 bits per heavy atom. The first-order valence-corrected chi connectivity index (χ1v) is 8.58. The number of nitrogens with zero attached hydrogens (tertiary/aromatic N) is 1. The van der Waals surface area contributed by atoms with Gasteiger partial charge in [0.15, 0.2) is 0 Å². The number of amides is 1. The second kappa shape index (κ2) is 6.14. The van der Waals surface area contributed by atoms with Crippen molar-refractivity contribution in [2.75, 3.05) is 27.3 Å². The lowest BCUT2D eigenvalue weighted by Gasteiger charge is -2.54. The number of alkyl halides is 3. The van der Waals surface area contributed by atoms with Gasteiger partial charge in [0.25, 0.3) is 5.91 Å². The largest absolute Gasteiger partial charge is 0.497 e. The van der Waals surface area contributed by atoms with E-state index < -0.39 is 23.1 Å². The summed E-state index contributed by atoms with van der Waals surface area (Å²) in [6.45, 7) is 4.48. The number of benzene rings is 1. The Labute approximate surface area is 155 Å². The summed E-state index contributed by atoms with van der Waals surface area (Å²) in [4.78, 5) is 26.7. The summed E-state index contributed by atoms with van der Waals surface area (Å²) >= 11 is 0. The molecule has 1 saturated heterocycles. The van der Waals surface area contributed by atoms with Crippen LogP contribution in [0.4, 0.5) is 13.2 Å². The van der Waals surface area contributed by atoms with Crippen LogP contribution in [0.3, 0.4) is 0 Å². The summed E-state index contributed by atoms with van der Waals surface area (Å²) in [6.07, 6.45) is -4.02. The van der Waals surface area contributed by atoms with Gasteiger partial charge in [-0.2, -0.15) is 13.2 Å². The number of carbonyl (C=O) groups excluding carboxylic acids is 2. The van der Waals surface area contributed by atoms with Crippen molar-refractivity contribution in [1.82, 2.24) is 4.90 Å². The van der Waals surface area contributed by atoms with Crippen LogP contribution in [0.1, 0.15) is 36.2 Å². The third-order valence-corrected chi connectivity index (χ3v) is 5.85. The molecule has 0 aromatic heterocycles. The number of fused-ring (bicyclic) bond motifs is 1. The number of rotatable bonds is 3. The molecular weight excluding hydrogens is 363 g/mol. The minimum atomic E-state index is -4.59. The Morgan fingerprint density at radius 3 is 2.37 bits per heavy atom.